The summed E-state index contributed by atoms with van der Waals surface area (Å²) in [6.07, 6.45) is 3.72. The summed E-state index contributed by atoms with van der Waals surface area (Å²) in [6.45, 7) is 18.3. The van der Waals surface area contributed by atoms with Crippen LogP contribution in [-0.2, 0) is 0 Å². The normalized spacial score (nSPS) is 16.7. The van der Waals surface area contributed by atoms with Gasteiger partial charge in [-0.25, -0.2) is 0 Å². The molecule has 2 N–H and O–H groups in total. The smallest absolute Gasteiger partial charge is 0.0112 e. The highest BCUT2D eigenvalue weighted by atomic mass is 15.1. The first kappa shape index (κ1) is 18.9. The van der Waals surface area contributed by atoms with Crippen LogP contribution in [-0.4, -0.2) is 31.1 Å². The molecule has 0 spiro atoms. The fraction of sp³-hybridized carbons (Fsp3) is 1.00. The van der Waals surface area contributed by atoms with Crippen LogP contribution in [0.5, 0.6) is 0 Å². The lowest BCUT2D eigenvalue weighted by Gasteiger charge is -2.36. The fourth-order valence-corrected chi connectivity index (χ4v) is 2.65. The molecule has 2 atom stereocenters. The van der Waals surface area contributed by atoms with Crippen molar-refractivity contribution in [2.75, 3.05) is 20.1 Å². The van der Waals surface area contributed by atoms with Gasteiger partial charge in [0, 0.05) is 6.04 Å². The lowest BCUT2D eigenvalue weighted by atomic mass is 9.76. The lowest BCUT2D eigenvalue weighted by Crippen LogP contribution is -2.40. The predicted molar refractivity (Wildman–Crippen MR) is 87.4 cm³/mol. The zero-order valence-corrected chi connectivity index (χ0v) is 14.7. The summed E-state index contributed by atoms with van der Waals surface area (Å²) in [6, 6.07) is 0.620. The van der Waals surface area contributed by atoms with Gasteiger partial charge in [0.05, 0.1) is 0 Å². The topological polar surface area (TPSA) is 29.3 Å². The van der Waals surface area contributed by atoms with Gasteiger partial charge in [0.2, 0.25) is 0 Å². The van der Waals surface area contributed by atoms with Crippen molar-refractivity contribution >= 4 is 0 Å². The Morgan fingerprint density at radius 2 is 1.47 bits per heavy atom. The minimum absolute atomic E-state index is 0.357. The van der Waals surface area contributed by atoms with E-state index >= 15 is 0 Å². The monoisotopic (exact) mass is 270 g/mol. The van der Waals surface area contributed by atoms with Crippen molar-refractivity contribution in [1.29, 1.82) is 0 Å². The zero-order chi connectivity index (χ0) is 15.3. The Bertz CT molecular complexity index is 235. The van der Waals surface area contributed by atoms with Gasteiger partial charge in [-0.1, -0.05) is 41.5 Å². The van der Waals surface area contributed by atoms with Crippen molar-refractivity contribution < 1.29 is 0 Å². The highest BCUT2D eigenvalue weighted by Crippen LogP contribution is 2.32. The molecule has 0 aromatic heterocycles. The highest BCUT2D eigenvalue weighted by Gasteiger charge is 2.25. The molecule has 2 unspecified atom stereocenters. The molecule has 0 heterocycles. The van der Waals surface area contributed by atoms with Gasteiger partial charge in [0.25, 0.3) is 0 Å². The Kier molecular flexibility index (Phi) is 7.60. The van der Waals surface area contributed by atoms with E-state index in [4.69, 9.17) is 5.73 Å². The Morgan fingerprint density at radius 1 is 0.947 bits per heavy atom. The number of hydrogen-bond donors (Lipinski definition) is 1. The van der Waals surface area contributed by atoms with Gasteiger partial charge in [-0.3, -0.25) is 0 Å². The van der Waals surface area contributed by atoms with Crippen LogP contribution in [0.1, 0.15) is 67.7 Å². The third-order valence-corrected chi connectivity index (χ3v) is 4.72. The Balaban J connectivity index is 4.20. The maximum atomic E-state index is 5.75. The van der Waals surface area contributed by atoms with Crippen LogP contribution in [0.15, 0.2) is 0 Å². The van der Waals surface area contributed by atoms with E-state index in [1.54, 1.807) is 0 Å². The number of nitrogens with zero attached hydrogens (tertiary/aromatic N) is 1. The van der Waals surface area contributed by atoms with Crippen molar-refractivity contribution in [3.05, 3.63) is 0 Å². The summed E-state index contributed by atoms with van der Waals surface area (Å²) in [4.78, 5) is 2.50. The van der Waals surface area contributed by atoms with E-state index in [1.165, 1.54) is 19.4 Å². The molecular formula is C17H38N2. The molecule has 0 aromatic rings. The Labute approximate surface area is 122 Å². The third kappa shape index (κ3) is 7.31. The fourth-order valence-electron chi connectivity index (χ4n) is 2.65. The van der Waals surface area contributed by atoms with E-state index in [-0.39, 0.29) is 0 Å². The van der Waals surface area contributed by atoms with E-state index in [0.717, 1.165) is 18.9 Å². The standard InChI is InChI=1S/C17H38N2/c1-14(16(2,3)4)19(8)13-9-10-15(11-12-18)17(5,6)7/h14-15H,9-13,18H2,1-8H3. The molecule has 0 aliphatic rings. The lowest BCUT2D eigenvalue weighted by molar-refractivity contribution is 0.130. The summed E-state index contributed by atoms with van der Waals surface area (Å²) in [7, 11) is 2.25. The third-order valence-electron chi connectivity index (χ3n) is 4.72. The second-order valence-corrected chi connectivity index (χ2v) is 8.31. The van der Waals surface area contributed by atoms with Crippen LogP contribution in [0, 0.1) is 16.7 Å². The molecule has 0 saturated heterocycles. The second-order valence-electron chi connectivity index (χ2n) is 8.31. The van der Waals surface area contributed by atoms with Crippen LogP contribution in [0.3, 0.4) is 0 Å². The summed E-state index contributed by atoms with van der Waals surface area (Å²) in [5, 5.41) is 0. The van der Waals surface area contributed by atoms with Crippen molar-refractivity contribution in [1.82, 2.24) is 4.90 Å². The number of nitrogens with two attached hydrogens (primary N) is 1. The van der Waals surface area contributed by atoms with Gasteiger partial charge in [0.1, 0.15) is 0 Å². The van der Waals surface area contributed by atoms with Crippen molar-refractivity contribution in [2.24, 2.45) is 22.5 Å². The molecule has 0 aliphatic carbocycles. The maximum Gasteiger partial charge on any atom is 0.0112 e. The van der Waals surface area contributed by atoms with Crippen molar-refractivity contribution in [3.63, 3.8) is 0 Å². The largest absolute Gasteiger partial charge is 0.330 e. The first-order chi connectivity index (χ1) is 8.50. The van der Waals surface area contributed by atoms with E-state index in [9.17, 15) is 0 Å². The van der Waals surface area contributed by atoms with Crippen LogP contribution in [0.4, 0.5) is 0 Å². The molecule has 0 bridgehead atoms. The van der Waals surface area contributed by atoms with Gasteiger partial charge in [-0.2, -0.15) is 0 Å². The summed E-state index contributed by atoms with van der Waals surface area (Å²) in [5.74, 6) is 0.746. The predicted octanol–water partition coefficient (Wildman–Crippen LogP) is 4.14. The SMILES string of the molecule is CC(N(C)CCCC(CCN)C(C)(C)C)C(C)(C)C. The second kappa shape index (κ2) is 7.64. The molecule has 0 rings (SSSR count). The van der Waals surface area contributed by atoms with Crippen LogP contribution < -0.4 is 5.73 Å². The molecule has 0 radical (unpaired) electrons. The molecule has 0 saturated carbocycles. The average molecular weight is 271 g/mol. The first-order valence-electron chi connectivity index (χ1n) is 7.90. The molecule has 2 heteroatoms. The van der Waals surface area contributed by atoms with E-state index in [0.29, 0.717) is 16.9 Å². The van der Waals surface area contributed by atoms with Gasteiger partial charge in [-0.15, -0.1) is 0 Å². The minimum Gasteiger partial charge on any atom is -0.330 e. The van der Waals surface area contributed by atoms with E-state index in [2.05, 4.69) is 60.4 Å². The Hall–Kier alpha value is -0.0800. The maximum absolute atomic E-state index is 5.75. The molecule has 116 valence electrons. The molecule has 0 fully saturated rings. The molecule has 0 aromatic carbocycles. The van der Waals surface area contributed by atoms with Gasteiger partial charge in [-0.05, 0) is 63.1 Å². The van der Waals surface area contributed by atoms with Crippen LogP contribution >= 0.6 is 0 Å². The number of rotatable bonds is 7. The molecular weight excluding hydrogens is 232 g/mol. The number of hydrogen-bond acceptors (Lipinski definition) is 2. The average Bonchev–Trinajstić information content (AvgIpc) is 2.24. The van der Waals surface area contributed by atoms with Gasteiger partial charge < -0.3 is 10.6 Å². The van der Waals surface area contributed by atoms with E-state index in [1.807, 2.05) is 0 Å². The van der Waals surface area contributed by atoms with Crippen LogP contribution in [0.25, 0.3) is 0 Å². The Morgan fingerprint density at radius 3 is 1.84 bits per heavy atom. The highest BCUT2D eigenvalue weighted by molar-refractivity contribution is 4.79. The summed E-state index contributed by atoms with van der Waals surface area (Å²) < 4.78 is 0. The summed E-state index contributed by atoms with van der Waals surface area (Å²) >= 11 is 0. The van der Waals surface area contributed by atoms with Crippen LogP contribution in [0.2, 0.25) is 0 Å². The molecule has 0 aliphatic heterocycles. The minimum atomic E-state index is 0.357. The molecule has 2 nitrogen and oxygen atoms in total. The molecule has 0 amide bonds. The van der Waals surface area contributed by atoms with Gasteiger partial charge in [0.15, 0.2) is 0 Å². The van der Waals surface area contributed by atoms with Crippen molar-refractivity contribution in [2.45, 2.75) is 73.8 Å². The van der Waals surface area contributed by atoms with Crippen molar-refractivity contribution in [3.8, 4) is 0 Å². The summed E-state index contributed by atoms with van der Waals surface area (Å²) in [5.41, 5.74) is 6.49. The first-order valence-corrected chi connectivity index (χ1v) is 7.90. The van der Waals surface area contributed by atoms with E-state index < -0.39 is 0 Å². The zero-order valence-electron chi connectivity index (χ0n) is 14.7. The van der Waals surface area contributed by atoms with Gasteiger partial charge >= 0.3 is 0 Å². The molecule has 19 heavy (non-hydrogen) atoms. The quantitative estimate of drug-likeness (QED) is 0.753.